The number of thiophene rings is 1. The van der Waals surface area contributed by atoms with E-state index in [1.54, 1.807) is 31.4 Å². The second-order valence-electron chi connectivity index (χ2n) is 7.46. The number of carbonyl (C=O) groups excluding carboxylic acids is 1. The molecule has 1 amide bonds. The Morgan fingerprint density at radius 3 is 2.96 bits per heavy atom. The zero-order valence-corrected chi connectivity index (χ0v) is 16.9. The van der Waals surface area contributed by atoms with Gasteiger partial charge in [0.05, 0.1) is 11.9 Å². The van der Waals surface area contributed by atoms with Gasteiger partial charge < -0.3 is 4.90 Å². The van der Waals surface area contributed by atoms with Crippen molar-refractivity contribution in [3.8, 4) is 0 Å². The van der Waals surface area contributed by atoms with E-state index in [1.165, 1.54) is 16.9 Å². The van der Waals surface area contributed by atoms with Crippen LogP contribution in [0.3, 0.4) is 0 Å². The first-order valence-electron chi connectivity index (χ1n) is 9.34. The molecule has 6 nitrogen and oxygen atoms in total. The van der Waals surface area contributed by atoms with E-state index < -0.39 is 0 Å². The maximum Gasteiger partial charge on any atom is 0.258 e. The van der Waals surface area contributed by atoms with Crippen LogP contribution in [0.2, 0.25) is 0 Å². The standard InChI is InChI=1S/C20H25N5OS/c1-14-7-10-27-18(14)13-24-9-4-5-15(12-24)17-6-8-21-19-16(11-22-25(17)19)20(26)23(2)3/h6-8,10-11,15H,4-5,9,12-13H2,1-3H3/t15-/m1/s1. The Labute approximate surface area is 163 Å². The molecule has 0 aromatic carbocycles. The van der Waals surface area contributed by atoms with Crippen LogP contribution in [0, 0.1) is 6.92 Å². The average molecular weight is 384 g/mol. The van der Waals surface area contributed by atoms with E-state index in [-0.39, 0.29) is 5.91 Å². The highest BCUT2D eigenvalue weighted by atomic mass is 32.1. The number of likely N-dealkylation sites (tertiary alicyclic amines) is 1. The predicted octanol–water partition coefficient (Wildman–Crippen LogP) is 3.18. The summed E-state index contributed by atoms with van der Waals surface area (Å²) in [7, 11) is 3.50. The highest BCUT2D eigenvalue weighted by Gasteiger charge is 2.25. The third kappa shape index (κ3) is 3.49. The maximum atomic E-state index is 12.4. The average Bonchev–Trinajstić information content (AvgIpc) is 3.27. The van der Waals surface area contributed by atoms with Crippen molar-refractivity contribution >= 4 is 22.9 Å². The molecule has 0 saturated carbocycles. The minimum atomic E-state index is -0.0620. The maximum absolute atomic E-state index is 12.4. The molecule has 0 spiro atoms. The third-order valence-corrected chi connectivity index (χ3v) is 6.33. The molecule has 0 radical (unpaired) electrons. The van der Waals surface area contributed by atoms with E-state index in [1.807, 2.05) is 15.9 Å². The summed E-state index contributed by atoms with van der Waals surface area (Å²) < 4.78 is 1.86. The molecule has 4 rings (SSSR count). The molecule has 3 aromatic rings. The molecule has 4 heterocycles. The first-order chi connectivity index (χ1) is 13.0. The van der Waals surface area contributed by atoms with Crippen LogP contribution in [0.25, 0.3) is 5.65 Å². The van der Waals surface area contributed by atoms with Crippen molar-refractivity contribution in [1.29, 1.82) is 0 Å². The Morgan fingerprint density at radius 1 is 1.37 bits per heavy atom. The van der Waals surface area contributed by atoms with Gasteiger partial charge in [0.1, 0.15) is 5.56 Å². The van der Waals surface area contributed by atoms with Gasteiger partial charge in [0, 0.05) is 44.2 Å². The number of hydrogen-bond acceptors (Lipinski definition) is 5. The number of hydrogen-bond donors (Lipinski definition) is 0. The van der Waals surface area contributed by atoms with Crippen molar-refractivity contribution in [2.75, 3.05) is 27.2 Å². The number of amides is 1. The zero-order chi connectivity index (χ0) is 19.0. The van der Waals surface area contributed by atoms with E-state index >= 15 is 0 Å². The predicted molar refractivity (Wildman–Crippen MR) is 107 cm³/mol. The number of rotatable bonds is 4. The van der Waals surface area contributed by atoms with Gasteiger partial charge in [0.25, 0.3) is 5.91 Å². The lowest BCUT2D eigenvalue weighted by atomic mass is 9.94. The van der Waals surface area contributed by atoms with Crippen LogP contribution >= 0.6 is 11.3 Å². The minimum Gasteiger partial charge on any atom is -0.345 e. The van der Waals surface area contributed by atoms with E-state index in [9.17, 15) is 4.79 Å². The Bertz CT molecular complexity index is 960. The Morgan fingerprint density at radius 2 is 2.22 bits per heavy atom. The number of aromatic nitrogens is 3. The summed E-state index contributed by atoms with van der Waals surface area (Å²) in [6, 6.07) is 4.25. The Balaban J connectivity index is 1.60. The molecule has 0 bridgehead atoms. The molecule has 0 aliphatic carbocycles. The fourth-order valence-corrected chi connectivity index (χ4v) is 4.77. The zero-order valence-electron chi connectivity index (χ0n) is 16.1. The van der Waals surface area contributed by atoms with Crippen LogP contribution in [0.15, 0.2) is 29.9 Å². The van der Waals surface area contributed by atoms with E-state index in [2.05, 4.69) is 39.4 Å². The largest absolute Gasteiger partial charge is 0.345 e. The van der Waals surface area contributed by atoms with Crippen LogP contribution in [0.4, 0.5) is 0 Å². The fourth-order valence-electron chi connectivity index (χ4n) is 3.82. The van der Waals surface area contributed by atoms with Gasteiger partial charge in [0.2, 0.25) is 0 Å². The van der Waals surface area contributed by atoms with Gasteiger partial charge in [-0.2, -0.15) is 5.10 Å². The molecule has 0 N–H and O–H groups in total. The topological polar surface area (TPSA) is 53.7 Å². The van der Waals surface area contributed by atoms with Crippen LogP contribution in [-0.4, -0.2) is 57.5 Å². The monoisotopic (exact) mass is 383 g/mol. The number of aryl methyl sites for hydroxylation is 1. The summed E-state index contributed by atoms with van der Waals surface area (Å²) in [5, 5.41) is 6.67. The highest BCUT2D eigenvalue weighted by molar-refractivity contribution is 7.10. The van der Waals surface area contributed by atoms with Gasteiger partial charge in [-0.25, -0.2) is 9.50 Å². The molecule has 7 heteroatoms. The molecular weight excluding hydrogens is 358 g/mol. The minimum absolute atomic E-state index is 0.0620. The van der Waals surface area contributed by atoms with Crippen molar-refractivity contribution in [1.82, 2.24) is 24.4 Å². The van der Waals surface area contributed by atoms with Crippen LogP contribution in [0.1, 0.15) is 45.3 Å². The summed E-state index contributed by atoms with van der Waals surface area (Å²) in [5.74, 6) is 0.333. The quantitative estimate of drug-likeness (QED) is 0.694. The number of piperidine rings is 1. The van der Waals surface area contributed by atoms with Crippen molar-refractivity contribution in [3.05, 3.63) is 51.6 Å². The molecule has 1 aliphatic heterocycles. The van der Waals surface area contributed by atoms with Crippen molar-refractivity contribution < 1.29 is 4.79 Å². The van der Waals surface area contributed by atoms with Gasteiger partial charge in [-0.3, -0.25) is 9.69 Å². The fraction of sp³-hybridized carbons (Fsp3) is 0.450. The summed E-state index contributed by atoms with van der Waals surface area (Å²) >= 11 is 1.84. The van der Waals surface area contributed by atoms with Crippen molar-refractivity contribution in [2.24, 2.45) is 0 Å². The lowest BCUT2D eigenvalue weighted by Gasteiger charge is -2.32. The SMILES string of the molecule is Cc1ccsc1CN1CCC[C@@H](c2ccnc3c(C(=O)N(C)C)cnn23)C1. The van der Waals surface area contributed by atoms with E-state index in [0.29, 0.717) is 17.1 Å². The summed E-state index contributed by atoms with van der Waals surface area (Å²) in [5.41, 5.74) is 3.74. The molecule has 1 saturated heterocycles. The first-order valence-corrected chi connectivity index (χ1v) is 10.2. The number of carbonyl (C=O) groups is 1. The Kier molecular flexibility index (Phi) is 4.97. The molecule has 0 unspecified atom stereocenters. The van der Waals surface area contributed by atoms with E-state index in [4.69, 9.17) is 0 Å². The van der Waals surface area contributed by atoms with Crippen molar-refractivity contribution in [3.63, 3.8) is 0 Å². The normalized spacial score (nSPS) is 18.1. The van der Waals surface area contributed by atoms with E-state index in [0.717, 1.165) is 31.7 Å². The Hall–Kier alpha value is -2.25. The lowest BCUT2D eigenvalue weighted by Crippen LogP contribution is -2.34. The second kappa shape index (κ2) is 7.40. The third-order valence-electron chi connectivity index (χ3n) is 5.33. The molecule has 1 atom stereocenters. The molecular formula is C20H25N5OS. The van der Waals surface area contributed by atoms with Crippen LogP contribution < -0.4 is 0 Å². The van der Waals surface area contributed by atoms with Crippen LogP contribution in [0.5, 0.6) is 0 Å². The van der Waals surface area contributed by atoms with Gasteiger partial charge in [-0.15, -0.1) is 11.3 Å². The van der Waals surface area contributed by atoms with Gasteiger partial charge in [0.15, 0.2) is 5.65 Å². The smallest absolute Gasteiger partial charge is 0.258 e. The highest BCUT2D eigenvalue weighted by Crippen LogP contribution is 2.29. The van der Waals surface area contributed by atoms with Gasteiger partial charge in [-0.05, 0) is 49.4 Å². The van der Waals surface area contributed by atoms with Gasteiger partial charge >= 0.3 is 0 Å². The molecule has 3 aromatic heterocycles. The van der Waals surface area contributed by atoms with Gasteiger partial charge in [-0.1, -0.05) is 0 Å². The second-order valence-corrected chi connectivity index (χ2v) is 8.46. The summed E-state index contributed by atoms with van der Waals surface area (Å²) in [4.78, 5) is 22.4. The summed E-state index contributed by atoms with van der Waals surface area (Å²) in [6.07, 6.45) is 5.75. The molecule has 27 heavy (non-hydrogen) atoms. The molecule has 1 aliphatic rings. The molecule has 1 fully saturated rings. The molecule has 142 valence electrons. The lowest BCUT2D eigenvalue weighted by molar-refractivity contribution is 0.0829. The number of fused-ring (bicyclic) bond motifs is 1. The first kappa shape index (κ1) is 18.1. The van der Waals surface area contributed by atoms with Crippen LogP contribution in [-0.2, 0) is 6.54 Å². The number of nitrogens with zero attached hydrogens (tertiary/aromatic N) is 5. The summed E-state index contributed by atoms with van der Waals surface area (Å²) in [6.45, 7) is 5.34. The van der Waals surface area contributed by atoms with Crippen molar-refractivity contribution in [2.45, 2.75) is 32.2 Å².